The van der Waals surface area contributed by atoms with Gasteiger partial charge in [0.25, 0.3) is 10.0 Å². The standard InChI is InChI=1S/C24H26N2O4S/c1-18(2)19-12-14-20(15-13-19)25-24(27)17-26(21-8-7-9-22(16-21)30-3)31(28,29)23-10-5-4-6-11-23/h4-16,18H,17H2,1-3H3,(H,25,27). The Morgan fingerprint density at radius 1 is 0.968 bits per heavy atom. The van der Waals surface area contributed by atoms with Gasteiger partial charge in [-0.05, 0) is 47.9 Å². The molecule has 7 heteroatoms. The Morgan fingerprint density at radius 3 is 2.26 bits per heavy atom. The van der Waals surface area contributed by atoms with E-state index in [2.05, 4.69) is 19.2 Å². The SMILES string of the molecule is COc1cccc(N(CC(=O)Nc2ccc(C(C)C)cc2)S(=O)(=O)c2ccccc2)c1. The number of amides is 1. The van der Waals surface area contributed by atoms with Crippen LogP contribution >= 0.6 is 0 Å². The van der Waals surface area contributed by atoms with Crippen LogP contribution in [0.5, 0.6) is 5.75 Å². The number of methoxy groups -OCH3 is 1. The molecule has 0 radical (unpaired) electrons. The molecule has 0 bridgehead atoms. The van der Waals surface area contributed by atoms with Crippen LogP contribution in [0.25, 0.3) is 0 Å². The van der Waals surface area contributed by atoms with Gasteiger partial charge in [-0.15, -0.1) is 0 Å². The second-order valence-electron chi connectivity index (χ2n) is 7.35. The molecule has 0 aromatic heterocycles. The molecule has 3 aromatic rings. The van der Waals surface area contributed by atoms with Crippen LogP contribution in [0, 0.1) is 0 Å². The lowest BCUT2D eigenvalue weighted by molar-refractivity contribution is -0.114. The number of hydrogen-bond donors (Lipinski definition) is 1. The number of carbonyl (C=O) groups excluding carboxylic acids is 1. The summed E-state index contributed by atoms with van der Waals surface area (Å²) in [5.74, 6) is 0.430. The van der Waals surface area contributed by atoms with E-state index in [4.69, 9.17) is 4.74 Å². The van der Waals surface area contributed by atoms with E-state index in [0.29, 0.717) is 23.0 Å². The number of anilines is 2. The van der Waals surface area contributed by atoms with Gasteiger partial charge in [0.2, 0.25) is 5.91 Å². The Morgan fingerprint density at radius 2 is 1.65 bits per heavy atom. The van der Waals surface area contributed by atoms with E-state index in [9.17, 15) is 13.2 Å². The quantitative estimate of drug-likeness (QED) is 0.555. The molecule has 0 unspecified atom stereocenters. The van der Waals surface area contributed by atoms with Crippen molar-refractivity contribution in [1.29, 1.82) is 0 Å². The summed E-state index contributed by atoms with van der Waals surface area (Å²) in [6.45, 7) is 3.80. The first-order valence-corrected chi connectivity index (χ1v) is 11.4. The monoisotopic (exact) mass is 438 g/mol. The highest BCUT2D eigenvalue weighted by Gasteiger charge is 2.27. The van der Waals surface area contributed by atoms with E-state index < -0.39 is 15.9 Å². The predicted octanol–water partition coefficient (Wildman–Crippen LogP) is 4.65. The number of carbonyl (C=O) groups is 1. The van der Waals surface area contributed by atoms with Gasteiger partial charge in [0.05, 0.1) is 17.7 Å². The third kappa shape index (κ3) is 5.44. The van der Waals surface area contributed by atoms with Gasteiger partial charge in [-0.25, -0.2) is 8.42 Å². The molecule has 1 amide bonds. The zero-order chi connectivity index (χ0) is 22.4. The Balaban J connectivity index is 1.90. The van der Waals surface area contributed by atoms with Crippen LogP contribution in [0.4, 0.5) is 11.4 Å². The van der Waals surface area contributed by atoms with Gasteiger partial charge in [-0.2, -0.15) is 0 Å². The Hall–Kier alpha value is -3.32. The van der Waals surface area contributed by atoms with E-state index in [0.717, 1.165) is 9.87 Å². The molecule has 0 heterocycles. The minimum absolute atomic E-state index is 0.104. The molecule has 0 fully saturated rings. The summed E-state index contributed by atoms with van der Waals surface area (Å²) < 4.78 is 33.0. The average Bonchev–Trinajstić information content (AvgIpc) is 2.78. The van der Waals surface area contributed by atoms with Crippen molar-refractivity contribution >= 4 is 27.3 Å². The minimum Gasteiger partial charge on any atom is -0.497 e. The van der Waals surface area contributed by atoms with E-state index >= 15 is 0 Å². The third-order valence-electron chi connectivity index (χ3n) is 4.82. The van der Waals surface area contributed by atoms with Crippen LogP contribution in [0.3, 0.4) is 0 Å². The maximum Gasteiger partial charge on any atom is 0.264 e. The van der Waals surface area contributed by atoms with E-state index in [-0.39, 0.29) is 11.4 Å². The van der Waals surface area contributed by atoms with Crippen LogP contribution < -0.4 is 14.4 Å². The normalized spacial score (nSPS) is 11.2. The van der Waals surface area contributed by atoms with Gasteiger partial charge in [0.15, 0.2) is 0 Å². The van der Waals surface area contributed by atoms with E-state index in [1.165, 1.54) is 19.2 Å². The molecule has 6 nitrogen and oxygen atoms in total. The van der Waals surface area contributed by atoms with Crippen LogP contribution in [0.1, 0.15) is 25.3 Å². The largest absolute Gasteiger partial charge is 0.497 e. The Labute approximate surface area is 183 Å². The third-order valence-corrected chi connectivity index (χ3v) is 6.61. The predicted molar refractivity (Wildman–Crippen MR) is 123 cm³/mol. The van der Waals surface area contributed by atoms with Gasteiger partial charge < -0.3 is 10.1 Å². The zero-order valence-corrected chi connectivity index (χ0v) is 18.6. The Bertz CT molecular complexity index is 1130. The average molecular weight is 439 g/mol. The highest BCUT2D eigenvalue weighted by molar-refractivity contribution is 7.92. The lowest BCUT2D eigenvalue weighted by Crippen LogP contribution is -2.38. The molecule has 0 aliphatic rings. The topological polar surface area (TPSA) is 75.7 Å². The number of nitrogens with one attached hydrogen (secondary N) is 1. The second-order valence-corrected chi connectivity index (χ2v) is 9.21. The summed E-state index contributed by atoms with van der Waals surface area (Å²) in [5.41, 5.74) is 2.10. The maximum absolute atomic E-state index is 13.3. The lowest BCUT2D eigenvalue weighted by atomic mass is 10.0. The first-order chi connectivity index (χ1) is 14.8. The second kappa shape index (κ2) is 9.66. The van der Waals surface area contributed by atoms with Gasteiger partial charge in [-0.1, -0.05) is 50.2 Å². The van der Waals surface area contributed by atoms with Crippen molar-refractivity contribution in [2.24, 2.45) is 0 Å². The van der Waals surface area contributed by atoms with Crippen LogP contribution in [0.15, 0.2) is 83.8 Å². The summed E-state index contributed by atoms with van der Waals surface area (Å²) in [6, 6.07) is 22.2. The van der Waals surface area contributed by atoms with Gasteiger partial charge in [0.1, 0.15) is 12.3 Å². The van der Waals surface area contributed by atoms with Crippen molar-refractivity contribution in [2.75, 3.05) is 23.3 Å². The number of benzene rings is 3. The molecular formula is C24H26N2O4S. The molecule has 0 atom stereocenters. The summed E-state index contributed by atoms with van der Waals surface area (Å²) >= 11 is 0. The van der Waals surface area contributed by atoms with Gasteiger partial charge >= 0.3 is 0 Å². The first-order valence-electron chi connectivity index (χ1n) is 9.93. The lowest BCUT2D eigenvalue weighted by Gasteiger charge is -2.24. The molecule has 0 aliphatic heterocycles. The fraction of sp³-hybridized carbons (Fsp3) is 0.208. The van der Waals surface area contributed by atoms with Crippen LogP contribution in [0.2, 0.25) is 0 Å². The highest BCUT2D eigenvalue weighted by Crippen LogP contribution is 2.27. The van der Waals surface area contributed by atoms with Gasteiger partial charge in [0, 0.05) is 11.8 Å². The fourth-order valence-electron chi connectivity index (χ4n) is 3.08. The van der Waals surface area contributed by atoms with E-state index in [1.54, 1.807) is 42.5 Å². The van der Waals surface area contributed by atoms with Crippen molar-refractivity contribution in [3.05, 3.63) is 84.4 Å². The van der Waals surface area contributed by atoms with Crippen molar-refractivity contribution in [2.45, 2.75) is 24.7 Å². The minimum atomic E-state index is -3.97. The number of hydrogen-bond acceptors (Lipinski definition) is 4. The summed E-state index contributed by atoms with van der Waals surface area (Å²) in [4.78, 5) is 12.9. The Kier molecular flexibility index (Phi) is 6.97. The molecule has 0 aliphatic carbocycles. The van der Waals surface area contributed by atoms with Crippen molar-refractivity contribution in [1.82, 2.24) is 0 Å². The number of rotatable bonds is 8. The summed E-state index contributed by atoms with van der Waals surface area (Å²) in [7, 11) is -2.46. The molecule has 3 rings (SSSR count). The highest BCUT2D eigenvalue weighted by atomic mass is 32.2. The van der Waals surface area contributed by atoms with Crippen molar-refractivity contribution < 1.29 is 17.9 Å². The van der Waals surface area contributed by atoms with E-state index in [1.807, 2.05) is 24.3 Å². The molecule has 0 saturated carbocycles. The molecule has 0 spiro atoms. The number of ether oxygens (including phenoxy) is 1. The smallest absolute Gasteiger partial charge is 0.264 e. The molecular weight excluding hydrogens is 412 g/mol. The molecule has 162 valence electrons. The molecule has 0 saturated heterocycles. The van der Waals surface area contributed by atoms with Gasteiger partial charge in [-0.3, -0.25) is 9.10 Å². The van der Waals surface area contributed by atoms with Crippen LogP contribution in [-0.4, -0.2) is 28.0 Å². The first kappa shape index (κ1) is 22.4. The number of sulfonamides is 1. The number of nitrogens with zero attached hydrogens (tertiary/aromatic N) is 1. The van der Waals surface area contributed by atoms with Crippen LogP contribution in [-0.2, 0) is 14.8 Å². The fourth-order valence-corrected chi connectivity index (χ4v) is 4.52. The van der Waals surface area contributed by atoms with Crippen molar-refractivity contribution in [3.63, 3.8) is 0 Å². The maximum atomic E-state index is 13.3. The summed E-state index contributed by atoms with van der Waals surface area (Å²) in [6.07, 6.45) is 0. The molecule has 1 N–H and O–H groups in total. The molecule has 31 heavy (non-hydrogen) atoms. The summed E-state index contributed by atoms with van der Waals surface area (Å²) in [5, 5.41) is 2.78. The zero-order valence-electron chi connectivity index (χ0n) is 17.8. The molecule has 3 aromatic carbocycles. The van der Waals surface area contributed by atoms with Crippen molar-refractivity contribution in [3.8, 4) is 5.75 Å².